The van der Waals surface area contributed by atoms with Crippen LogP contribution in [0.3, 0.4) is 0 Å². The predicted molar refractivity (Wildman–Crippen MR) is 90.8 cm³/mol. The molecule has 0 saturated heterocycles. The van der Waals surface area contributed by atoms with E-state index in [0.29, 0.717) is 10.4 Å². The highest BCUT2D eigenvalue weighted by Crippen LogP contribution is 2.24. The van der Waals surface area contributed by atoms with Crippen molar-refractivity contribution in [2.75, 3.05) is 6.61 Å². The number of hydrogen-bond donors (Lipinski definition) is 0. The highest BCUT2D eigenvalue weighted by atomic mass is 32.1. The molecule has 3 rings (SSSR count). The maximum absolute atomic E-state index is 12.3. The van der Waals surface area contributed by atoms with Gasteiger partial charge >= 0.3 is 5.97 Å². The minimum absolute atomic E-state index is 0.189. The van der Waals surface area contributed by atoms with Gasteiger partial charge in [0.25, 0.3) is 0 Å². The lowest BCUT2D eigenvalue weighted by atomic mass is 10.00. The van der Waals surface area contributed by atoms with Crippen molar-refractivity contribution in [3.8, 4) is 11.1 Å². The first-order chi connectivity index (χ1) is 11.3. The number of rotatable bonds is 5. The van der Waals surface area contributed by atoms with E-state index in [4.69, 9.17) is 4.74 Å². The standard InChI is InChI=1S/C19H14O3S/c20-17(18-11-6-12-23-18)13-22-19(21)16-10-5-4-9-15(16)14-7-2-1-3-8-14/h1-12H,13H2. The number of carbonyl (C=O) groups excluding carboxylic acids is 2. The molecule has 0 amide bonds. The average molecular weight is 322 g/mol. The minimum Gasteiger partial charge on any atom is -0.454 e. The summed E-state index contributed by atoms with van der Waals surface area (Å²) in [5.41, 5.74) is 2.18. The molecule has 3 nitrogen and oxygen atoms in total. The highest BCUT2D eigenvalue weighted by molar-refractivity contribution is 7.12. The summed E-state index contributed by atoms with van der Waals surface area (Å²) in [4.78, 5) is 24.9. The third-order valence-corrected chi connectivity index (χ3v) is 4.27. The molecule has 1 aromatic heterocycles. The number of Topliss-reactive ketones (excluding diaryl/α,β-unsaturated/α-hetero) is 1. The van der Waals surface area contributed by atoms with E-state index < -0.39 is 5.97 Å². The van der Waals surface area contributed by atoms with Crippen molar-refractivity contribution in [1.29, 1.82) is 0 Å². The van der Waals surface area contributed by atoms with Gasteiger partial charge in [-0.15, -0.1) is 11.3 Å². The fourth-order valence-corrected chi connectivity index (χ4v) is 2.90. The molecule has 0 N–H and O–H groups in total. The highest BCUT2D eigenvalue weighted by Gasteiger charge is 2.16. The van der Waals surface area contributed by atoms with Crippen molar-refractivity contribution in [1.82, 2.24) is 0 Å². The smallest absolute Gasteiger partial charge is 0.339 e. The zero-order valence-electron chi connectivity index (χ0n) is 12.3. The lowest BCUT2D eigenvalue weighted by Crippen LogP contribution is -2.14. The van der Waals surface area contributed by atoms with Gasteiger partial charge in [0, 0.05) is 0 Å². The van der Waals surface area contributed by atoms with Gasteiger partial charge in [-0.3, -0.25) is 4.79 Å². The Morgan fingerprint density at radius 2 is 1.61 bits per heavy atom. The summed E-state index contributed by atoms with van der Waals surface area (Å²) in [6.07, 6.45) is 0. The number of hydrogen-bond acceptors (Lipinski definition) is 4. The van der Waals surface area contributed by atoms with Crippen LogP contribution in [-0.4, -0.2) is 18.4 Å². The Balaban J connectivity index is 1.77. The van der Waals surface area contributed by atoms with Crippen LogP contribution >= 0.6 is 11.3 Å². The molecule has 4 heteroatoms. The van der Waals surface area contributed by atoms with E-state index in [1.807, 2.05) is 47.8 Å². The molecule has 0 aliphatic carbocycles. The van der Waals surface area contributed by atoms with E-state index in [-0.39, 0.29) is 12.4 Å². The molecule has 3 aromatic rings. The van der Waals surface area contributed by atoms with Crippen molar-refractivity contribution in [2.24, 2.45) is 0 Å². The Bertz CT molecular complexity index is 808. The van der Waals surface area contributed by atoms with Crippen molar-refractivity contribution in [2.45, 2.75) is 0 Å². The second-order valence-corrected chi connectivity index (χ2v) is 5.84. The zero-order valence-corrected chi connectivity index (χ0v) is 13.1. The Labute approximate surface area is 138 Å². The quantitative estimate of drug-likeness (QED) is 0.515. The minimum atomic E-state index is -0.491. The third kappa shape index (κ3) is 3.55. The van der Waals surface area contributed by atoms with Crippen LogP contribution in [0.2, 0.25) is 0 Å². The van der Waals surface area contributed by atoms with E-state index >= 15 is 0 Å². The summed E-state index contributed by atoms with van der Waals surface area (Å²) in [6, 6.07) is 20.4. The molecule has 1 heterocycles. The van der Waals surface area contributed by atoms with Gasteiger partial charge in [0.1, 0.15) is 0 Å². The second-order valence-electron chi connectivity index (χ2n) is 4.89. The maximum Gasteiger partial charge on any atom is 0.339 e. The second kappa shape index (κ2) is 7.03. The number of ether oxygens (including phenoxy) is 1. The molecule has 0 saturated carbocycles. The molecule has 2 aromatic carbocycles. The predicted octanol–water partition coefficient (Wildman–Crippen LogP) is 4.45. The fraction of sp³-hybridized carbons (Fsp3) is 0.0526. The topological polar surface area (TPSA) is 43.4 Å². The Hall–Kier alpha value is -2.72. The molecule has 23 heavy (non-hydrogen) atoms. The number of esters is 1. The van der Waals surface area contributed by atoms with Gasteiger partial charge in [-0.1, -0.05) is 54.6 Å². The first-order valence-electron chi connectivity index (χ1n) is 7.14. The van der Waals surface area contributed by atoms with E-state index in [1.165, 1.54) is 11.3 Å². The normalized spacial score (nSPS) is 10.3. The molecule has 114 valence electrons. The lowest BCUT2D eigenvalue weighted by molar-refractivity contribution is 0.0476. The Morgan fingerprint density at radius 1 is 0.870 bits per heavy atom. The van der Waals surface area contributed by atoms with Crippen molar-refractivity contribution in [3.05, 3.63) is 82.6 Å². The van der Waals surface area contributed by atoms with Crippen molar-refractivity contribution >= 4 is 23.1 Å². The first kappa shape index (κ1) is 15.2. The molecule has 0 fully saturated rings. The van der Waals surface area contributed by atoms with Gasteiger partial charge in [-0.2, -0.15) is 0 Å². The van der Waals surface area contributed by atoms with Crippen LogP contribution in [0, 0.1) is 0 Å². The first-order valence-corrected chi connectivity index (χ1v) is 8.02. The van der Waals surface area contributed by atoms with Crippen LogP contribution in [0.4, 0.5) is 0 Å². The van der Waals surface area contributed by atoms with Gasteiger partial charge in [-0.05, 0) is 28.6 Å². The van der Waals surface area contributed by atoms with Crippen molar-refractivity contribution < 1.29 is 14.3 Å². The number of thiophene rings is 1. The number of benzene rings is 2. The largest absolute Gasteiger partial charge is 0.454 e. The SMILES string of the molecule is O=C(COC(=O)c1ccccc1-c1ccccc1)c1cccs1. The fourth-order valence-electron chi connectivity index (χ4n) is 2.25. The number of carbonyl (C=O) groups is 2. The summed E-state index contributed by atoms with van der Waals surface area (Å²) in [5.74, 6) is -0.681. The molecule has 0 unspecified atom stereocenters. The van der Waals surface area contributed by atoms with Crippen LogP contribution in [0.25, 0.3) is 11.1 Å². The van der Waals surface area contributed by atoms with Gasteiger partial charge in [0.2, 0.25) is 5.78 Å². The summed E-state index contributed by atoms with van der Waals surface area (Å²) < 4.78 is 5.19. The summed E-state index contributed by atoms with van der Waals surface area (Å²) in [5, 5.41) is 1.82. The van der Waals surface area contributed by atoms with Crippen LogP contribution < -0.4 is 0 Å². The number of ketones is 1. The summed E-state index contributed by atoms with van der Waals surface area (Å²) in [6.45, 7) is -0.248. The van der Waals surface area contributed by atoms with Gasteiger partial charge < -0.3 is 4.74 Å². The monoisotopic (exact) mass is 322 g/mol. The molecule has 0 radical (unpaired) electrons. The van der Waals surface area contributed by atoms with E-state index in [2.05, 4.69) is 0 Å². The van der Waals surface area contributed by atoms with Crippen LogP contribution in [0.15, 0.2) is 72.1 Å². The van der Waals surface area contributed by atoms with Crippen LogP contribution in [0.1, 0.15) is 20.0 Å². The Kier molecular flexibility index (Phi) is 4.64. The third-order valence-electron chi connectivity index (χ3n) is 3.36. The van der Waals surface area contributed by atoms with Gasteiger partial charge in [-0.25, -0.2) is 4.79 Å². The van der Waals surface area contributed by atoms with Gasteiger partial charge in [0.05, 0.1) is 10.4 Å². The molecule has 0 bridgehead atoms. The maximum atomic E-state index is 12.3. The average Bonchev–Trinajstić information content (AvgIpc) is 3.15. The Morgan fingerprint density at radius 3 is 2.35 bits per heavy atom. The molecule has 0 aliphatic rings. The molecular weight excluding hydrogens is 308 g/mol. The van der Waals surface area contributed by atoms with Crippen LogP contribution in [-0.2, 0) is 4.74 Å². The van der Waals surface area contributed by atoms with E-state index in [0.717, 1.165) is 11.1 Å². The summed E-state index contributed by atoms with van der Waals surface area (Å²) >= 11 is 1.34. The molecule has 0 aliphatic heterocycles. The van der Waals surface area contributed by atoms with Crippen molar-refractivity contribution in [3.63, 3.8) is 0 Å². The zero-order chi connectivity index (χ0) is 16.1. The van der Waals surface area contributed by atoms with Crippen LogP contribution in [0.5, 0.6) is 0 Å². The van der Waals surface area contributed by atoms with E-state index in [1.54, 1.807) is 24.3 Å². The van der Waals surface area contributed by atoms with E-state index in [9.17, 15) is 9.59 Å². The molecular formula is C19H14O3S. The lowest BCUT2D eigenvalue weighted by Gasteiger charge is -2.09. The molecule has 0 atom stereocenters. The summed E-state index contributed by atoms with van der Waals surface area (Å²) in [7, 11) is 0. The molecule has 0 spiro atoms. The van der Waals surface area contributed by atoms with Gasteiger partial charge in [0.15, 0.2) is 6.61 Å².